The van der Waals surface area contributed by atoms with Crippen LogP contribution in [0.25, 0.3) is 0 Å². The summed E-state index contributed by atoms with van der Waals surface area (Å²) in [5.74, 6) is 0. The highest BCUT2D eigenvalue weighted by molar-refractivity contribution is 5.19. The minimum atomic E-state index is 0.499. The second-order valence-electron chi connectivity index (χ2n) is 3.88. The fraction of sp³-hybridized carbons (Fsp3) is 0.615. The number of ether oxygens (including phenoxy) is 1. The van der Waals surface area contributed by atoms with Gasteiger partial charge in [0, 0.05) is 32.4 Å². The smallest absolute Gasteiger partial charge is 0.0593 e. The minimum Gasteiger partial charge on any atom is -0.380 e. The highest BCUT2D eigenvalue weighted by Gasteiger charge is 2.07. The molecule has 0 fully saturated rings. The summed E-state index contributed by atoms with van der Waals surface area (Å²) in [6.07, 6.45) is 1.79. The molecular formula is C13H23N3O. The van der Waals surface area contributed by atoms with Crippen molar-refractivity contribution in [3.8, 4) is 0 Å². The maximum atomic E-state index is 5.68. The second kappa shape index (κ2) is 8.17. The quantitative estimate of drug-likeness (QED) is 0.694. The Morgan fingerprint density at radius 2 is 2.24 bits per heavy atom. The Morgan fingerprint density at radius 1 is 1.41 bits per heavy atom. The van der Waals surface area contributed by atoms with Gasteiger partial charge in [0.15, 0.2) is 0 Å². The van der Waals surface area contributed by atoms with Crippen LogP contribution < -0.4 is 5.73 Å². The third-order valence-electron chi connectivity index (χ3n) is 2.78. The van der Waals surface area contributed by atoms with Crippen molar-refractivity contribution in [2.75, 3.05) is 26.3 Å². The van der Waals surface area contributed by atoms with Crippen LogP contribution in [0.3, 0.4) is 0 Å². The molecule has 0 aromatic carbocycles. The van der Waals surface area contributed by atoms with Crippen LogP contribution in [0, 0.1) is 0 Å². The molecule has 4 nitrogen and oxygen atoms in total. The highest BCUT2D eigenvalue weighted by atomic mass is 16.5. The first-order valence-corrected chi connectivity index (χ1v) is 6.24. The van der Waals surface area contributed by atoms with Crippen LogP contribution in [0.1, 0.15) is 25.1 Å². The Labute approximate surface area is 104 Å². The Morgan fingerprint density at radius 3 is 2.88 bits per heavy atom. The monoisotopic (exact) mass is 237 g/mol. The summed E-state index contributed by atoms with van der Waals surface area (Å²) in [5, 5.41) is 0. The normalized spacial score (nSPS) is 11.1. The third kappa shape index (κ3) is 4.81. The van der Waals surface area contributed by atoms with Crippen molar-refractivity contribution in [1.82, 2.24) is 9.88 Å². The summed E-state index contributed by atoms with van der Waals surface area (Å²) in [6, 6.07) is 4.06. The van der Waals surface area contributed by atoms with Gasteiger partial charge in [0.2, 0.25) is 0 Å². The van der Waals surface area contributed by atoms with E-state index >= 15 is 0 Å². The molecular weight excluding hydrogens is 214 g/mol. The molecule has 0 unspecified atom stereocenters. The number of rotatable bonds is 8. The zero-order valence-corrected chi connectivity index (χ0v) is 10.9. The van der Waals surface area contributed by atoms with Crippen LogP contribution in [-0.2, 0) is 17.8 Å². The molecule has 0 saturated carbocycles. The van der Waals surface area contributed by atoms with Gasteiger partial charge in [-0.25, -0.2) is 0 Å². The van der Waals surface area contributed by atoms with Crippen molar-refractivity contribution in [2.24, 2.45) is 5.73 Å². The van der Waals surface area contributed by atoms with Crippen LogP contribution in [0.5, 0.6) is 0 Å². The molecule has 1 aromatic heterocycles. The molecule has 0 saturated heterocycles. The molecule has 96 valence electrons. The van der Waals surface area contributed by atoms with E-state index in [9.17, 15) is 0 Å². The summed E-state index contributed by atoms with van der Waals surface area (Å²) in [5.41, 5.74) is 7.89. The van der Waals surface area contributed by atoms with Gasteiger partial charge in [-0.15, -0.1) is 0 Å². The molecule has 0 bridgehead atoms. The number of likely N-dealkylation sites (N-methyl/N-ethyl adjacent to an activating group) is 1. The number of pyridine rings is 1. The summed E-state index contributed by atoms with van der Waals surface area (Å²) in [6.45, 7) is 9.08. The molecule has 4 heteroatoms. The summed E-state index contributed by atoms with van der Waals surface area (Å²) in [7, 11) is 0. The van der Waals surface area contributed by atoms with E-state index in [0.29, 0.717) is 6.54 Å². The molecule has 0 radical (unpaired) electrons. The number of nitrogens with two attached hydrogens (primary N) is 1. The zero-order chi connectivity index (χ0) is 12.5. The van der Waals surface area contributed by atoms with Crippen molar-refractivity contribution in [3.63, 3.8) is 0 Å². The van der Waals surface area contributed by atoms with E-state index in [1.165, 1.54) is 5.56 Å². The lowest BCUT2D eigenvalue weighted by Gasteiger charge is -2.21. The lowest BCUT2D eigenvalue weighted by molar-refractivity contribution is 0.112. The van der Waals surface area contributed by atoms with Gasteiger partial charge in [0.1, 0.15) is 0 Å². The van der Waals surface area contributed by atoms with Crippen LogP contribution in [-0.4, -0.2) is 36.2 Å². The van der Waals surface area contributed by atoms with Gasteiger partial charge in [0.05, 0.1) is 12.3 Å². The molecule has 17 heavy (non-hydrogen) atoms. The van der Waals surface area contributed by atoms with E-state index in [1.54, 1.807) is 6.20 Å². The average molecular weight is 237 g/mol. The number of hydrogen-bond donors (Lipinski definition) is 1. The predicted octanol–water partition coefficient (Wildman–Crippen LogP) is 1.40. The number of nitrogens with zero attached hydrogens (tertiary/aromatic N) is 2. The standard InChI is InChI=1S/C13H23N3O/c1-3-16(8-9-17-4-2)11-12-6-5-7-15-13(12)10-14/h5-7H,3-4,8-11,14H2,1-2H3. The first-order valence-electron chi connectivity index (χ1n) is 6.24. The van der Waals surface area contributed by atoms with Gasteiger partial charge in [0.25, 0.3) is 0 Å². The summed E-state index contributed by atoms with van der Waals surface area (Å²) < 4.78 is 5.38. The molecule has 0 aliphatic rings. The molecule has 0 amide bonds. The molecule has 1 aromatic rings. The maximum absolute atomic E-state index is 5.68. The number of aromatic nitrogens is 1. The Balaban J connectivity index is 2.54. The fourth-order valence-corrected chi connectivity index (χ4v) is 1.73. The van der Waals surface area contributed by atoms with Gasteiger partial charge >= 0.3 is 0 Å². The van der Waals surface area contributed by atoms with Crippen molar-refractivity contribution in [2.45, 2.75) is 26.9 Å². The van der Waals surface area contributed by atoms with Gasteiger partial charge in [-0.1, -0.05) is 13.0 Å². The van der Waals surface area contributed by atoms with E-state index in [1.807, 2.05) is 13.0 Å². The second-order valence-corrected chi connectivity index (χ2v) is 3.88. The number of hydrogen-bond acceptors (Lipinski definition) is 4. The average Bonchev–Trinajstić information content (AvgIpc) is 2.38. The van der Waals surface area contributed by atoms with Crippen LogP contribution >= 0.6 is 0 Å². The molecule has 1 rings (SSSR count). The fourth-order valence-electron chi connectivity index (χ4n) is 1.73. The molecule has 2 N–H and O–H groups in total. The highest BCUT2D eigenvalue weighted by Crippen LogP contribution is 2.08. The van der Waals surface area contributed by atoms with Crippen LogP contribution in [0.2, 0.25) is 0 Å². The summed E-state index contributed by atoms with van der Waals surface area (Å²) >= 11 is 0. The Kier molecular flexibility index (Phi) is 6.77. The largest absolute Gasteiger partial charge is 0.380 e. The third-order valence-corrected chi connectivity index (χ3v) is 2.78. The van der Waals surface area contributed by atoms with Gasteiger partial charge in [-0.05, 0) is 25.1 Å². The van der Waals surface area contributed by atoms with E-state index in [-0.39, 0.29) is 0 Å². The van der Waals surface area contributed by atoms with Gasteiger partial charge in [-0.2, -0.15) is 0 Å². The topological polar surface area (TPSA) is 51.4 Å². The van der Waals surface area contributed by atoms with Gasteiger partial charge < -0.3 is 10.5 Å². The SMILES string of the molecule is CCOCCN(CC)Cc1cccnc1CN. The van der Waals surface area contributed by atoms with Crippen molar-refractivity contribution >= 4 is 0 Å². The van der Waals surface area contributed by atoms with Crippen LogP contribution in [0.15, 0.2) is 18.3 Å². The zero-order valence-electron chi connectivity index (χ0n) is 10.9. The molecule has 0 atom stereocenters. The van der Waals surface area contributed by atoms with Crippen molar-refractivity contribution < 1.29 is 4.74 Å². The van der Waals surface area contributed by atoms with E-state index in [4.69, 9.17) is 10.5 Å². The maximum Gasteiger partial charge on any atom is 0.0593 e. The van der Waals surface area contributed by atoms with Crippen molar-refractivity contribution in [3.05, 3.63) is 29.6 Å². The lowest BCUT2D eigenvalue weighted by Crippen LogP contribution is -2.27. The first kappa shape index (κ1) is 14.1. The molecule has 0 spiro atoms. The van der Waals surface area contributed by atoms with Gasteiger partial charge in [-0.3, -0.25) is 9.88 Å². The Bertz CT molecular complexity index is 317. The predicted molar refractivity (Wildman–Crippen MR) is 69.6 cm³/mol. The van der Waals surface area contributed by atoms with E-state index in [0.717, 1.165) is 38.5 Å². The lowest BCUT2D eigenvalue weighted by atomic mass is 10.2. The van der Waals surface area contributed by atoms with Crippen molar-refractivity contribution in [1.29, 1.82) is 0 Å². The van der Waals surface area contributed by atoms with E-state index in [2.05, 4.69) is 22.9 Å². The van der Waals surface area contributed by atoms with Crippen LogP contribution in [0.4, 0.5) is 0 Å². The minimum absolute atomic E-state index is 0.499. The molecule has 1 heterocycles. The Hall–Kier alpha value is -0.970. The molecule has 0 aliphatic carbocycles. The summed E-state index contributed by atoms with van der Waals surface area (Å²) in [4.78, 5) is 6.64. The first-order chi connectivity index (χ1) is 8.31. The van der Waals surface area contributed by atoms with E-state index < -0.39 is 0 Å². The molecule has 0 aliphatic heterocycles.